The molecule has 0 aliphatic heterocycles. The first-order valence-electron chi connectivity index (χ1n) is 10.2. The Morgan fingerprint density at radius 3 is 1.53 bits per heavy atom. The predicted octanol–water partition coefficient (Wildman–Crippen LogP) is 3.55. The summed E-state index contributed by atoms with van der Waals surface area (Å²) in [6.07, 6.45) is 0.840. The van der Waals surface area contributed by atoms with Crippen LogP contribution in [-0.4, -0.2) is 50.3 Å². The average Bonchev–Trinajstić information content (AvgIpc) is 2.78. The first-order valence-corrected chi connectivity index (χ1v) is 10.2. The summed E-state index contributed by atoms with van der Waals surface area (Å²) in [5, 5.41) is 5.51. The molecule has 0 atom stereocenters. The molecule has 0 saturated carbocycles. The predicted molar refractivity (Wildman–Crippen MR) is 116 cm³/mol. The second kappa shape index (κ2) is 14.0. The van der Waals surface area contributed by atoms with Crippen LogP contribution in [0.3, 0.4) is 0 Å². The molecule has 0 saturated heterocycles. The third-order valence-corrected chi connectivity index (χ3v) is 4.40. The highest BCUT2D eigenvalue weighted by Crippen LogP contribution is 2.01. The van der Waals surface area contributed by atoms with Crippen molar-refractivity contribution in [3.05, 3.63) is 71.8 Å². The van der Waals surface area contributed by atoms with Gasteiger partial charge in [0.2, 0.25) is 0 Å². The van der Waals surface area contributed by atoms with Gasteiger partial charge in [0, 0.05) is 13.1 Å². The Morgan fingerprint density at radius 1 is 0.733 bits per heavy atom. The molecule has 0 aliphatic rings. The lowest BCUT2D eigenvalue weighted by atomic mass is 10.2. The number of rotatable bonds is 12. The first-order chi connectivity index (χ1) is 14.6. The summed E-state index contributed by atoms with van der Waals surface area (Å²) in [7, 11) is 2.02. The van der Waals surface area contributed by atoms with Crippen LogP contribution in [0.4, 0.5) is 9.59 Å². The molecule has 2 aromatic rings. The highest BCUT2D eigenvalue weighted by Gasteiger charge is 2.05. The fourth-order valence-corrected chi connectivity index (χ4v) is 2.74. The van der Waals surface area contributed by atoms with Crippen LogP contribution in [0.25, 0.3) is 0 Å². The molecular weight excluding hydrogens is 382 g/mol. The molecule has 7 heteroatoms. The highest BCUT2D eigenvalue weighted by molar-refractivity contribution is 5.67. The van der Waals surface area contributed by atoms with Crippen molar-refractivity contribution < 1.29 is 19.1 Å². The Labute approximate surface area is 178 Å². The zero-order valence-electron chi connectivity index (χ0n) is 17.5. The van der Waals surface area contributed by atoms with Gasteiger partial charge in [-0.1, -0.05) is 60.7 Å². The molecule has 2 aromatic carbocycles. The minimum atomic E-state index is -0.403. The number of hydrogen-bond acceptors (Lipinski definition) is 5. The van der Waals surface area contributed by atoms with Gasteiger partial charge in [-0.2, -0.15) is 0 Å². The van der Waals surface area contributed by atoms with Gasteiger partial charge < -0.3 is 25.0 Å². The van der Waals surface area contributed by atoms with Crippen LogP contribution in [0.2, 0.25) is 0 Å². The molecule has 0 heterocycles. The van der Waals surface area contributed by atoms with E-state index in [2.05, 4.69) is 15.5 Å². The lowest BCUT2D eigenvalue weighted by Crippen LogP contribution is -2.31. The molecule has 7 nitrogen and oxygen atoms in total. The Morgan fingerprint density at radius 2 is 1.13 bits per heavy atom. The van der Waals surface area contributed by atoms with Crippen LogP contribution in [0.15, 0.2) is 60.7 Å². The zero-order chi connectivity index (χ0) is 21.4. The van der Waals surface area contributed by atoms with E-state index >= 15 is 0 Å². The monoisotopic (exact) mass is 413 g/mol. The first kappa shape index (κ1) is 23.2. The lowest BCUT2D eigenvalue weighted by molar-refractivity contribution is 0.139. The van der Waals surface area contributed by atoms with E-state index in [1.54, 1.807) is 0 Å². The molecule has 0 aliphatic carbocycles. The molecule has 30 heavy (non-hydrogen) atoms. The second-order valence-electron chi connectivity index (χ2n) is 6.99. The van der Waals surface area contributed by atoms with Gasteiger partial charge in [0.1, 0.15) is 13.2 Å². The summed E-state index contributed by atoms with van der Waals surface area (Å²) >= 11 is 0. The molecule has 0 bridgehead atoms. The molecule has 2 amide bonds. The molecular formula is C23H31N3O4. The Balaban J connectivity index is 1.42. The molecule has 2 N–H and O–H groups in total. The van der Waals surface area contributed by atoms with Gasteiger partial charge in [-0.3, -0.25) is 0 Å². The smallest absolute Gasteiger partial charge is 0.407 e. The minimum Gasteiger partial charge on any atom is -0.445 e. The van der Waals surface area contributed by atoms with Gasteiger partial charge in [0.15, 0.2) is 0 Å². The maximum atomic E-state index is 11.7. The maximum absolute atomic E-state index is 11.7. The average molecular weight is 414 g/mol. The highest BCUT2D eigenvalue weighted by atomic mass is 16.6. The topological polar surface area (TPSA) is 79.9 Å². The van der Waals surface area contributed by atoms with Crippen LogP contribution >= 0.6 is 0 Å². The molecule has 0 radical (unpaired) electrons. The minimum absolute atomic E-state index is 0.271. The van der Waals surface area contributed by atoms with Crippen LogP contribution in [0.5, 0.6) is 0 Å². The van der Waals surface area contributed by atoms with Crippen molar-refractivity contribution in [2.45, 2.75) is 26.1 Å². The van der Waals surface area contributed by atoms with E-state index in [0.29, 0.717) is 13.1 Å². The number of carbonyl (C=O) groups excluding carboxylic acids is 2. The maximum Gasteiger partial charge on any atom is 0.407 e. The van der Waals surface area contributed by atoms with Gasteiger partial charge in [0.25, 0.3) is 0 Å². The normalized spacial score (nSPS) is 10.5. The quantitative estimate of drug-likeness (QED) is 0.520. The van der Waals surface area contributed by atoms with E-state index in [4.69, 9.17) is 9.47 Å². The summed E-state index contributed by atoms with van der Waals surface area (Å²) in [6.45, 7) is 3.35. The fourth-order valence-electron chi connectivity index (χ4n) is 2.74. The molecule has 2 rings (SSSR count). The van der Waals surface area contributed by atoms with Gasteiger partial charge in [-0.15, -0.1) is 0 Å². The molecule has 0 unspecified atom stereocenters. The lowest BCUT2D eigenvalue weighted by Gasteiger charge is -2.16. The van der Waals surface area contributed by atoms with E-state index in [9.17, 15) is 9.59 Å². The summed E-state index contributed by atoms with van der Waals surface area (Å²) in [5.41, 5.74) is 1.93. The van der Waals surface area contributed by atoms with Crippen LogP contribution in [0.1, 0.15) is 24.0 Å². The largest absolute Gasteiger partial charge is 0.445 e. The number of hydrogen-bond donors (Lipinski definition) is 2. The Kier molecular flexibility index (Phi) is 10.8. The standard InChI is InChI=1S/C23H31N3O4/c1-26(16-8-14-24-22(27)29-18-20-10-4-2-5-11-20)17-9-15-25-23(28)30-19-21-12-6-3-7-13-21/h2-7,10-13H,8-9,14-19H2,1H3,(H,24,27)(H,25,28). The van der Waals surface area contributed by atoms with Crippen molar-refractivity contribution in [1.29, 1.82) is 0 Å². The molecule has 0 fully saturated rings. The number of nitrogens with zero attached hydrogens (tertiary/aromatic N) is 1. The van der Waals surface area contributed by atoms with Crippen molar-refractivity contribution >= 4 is 12.2 Å². The third-order valence-electron chi connectivity index (χ3n) is 4.40. The van der Waals surface area contributed by atoms with Crippen LogP contribution in [0, 0.1) is 0 Å². The fraction of sp³-hybridized carbons (Fsp3) is 0.391. The summed E-state index contributed by atoms with van der Waals surface area (Å²) in [6, 6.07) is 19.2. The number of alkyl carbamates (subject to hydrolysis) is 2. The van der Waals surface area contributed by atoms with Gasteiger partial charge >= 0.3 is 12.2 Å². The van der Waals surface area contributed by atoms with E-state index in [-0.39, 0.29) is 13.2 Å². The van der Waals surface area contributed by atoms with E-state index in [1.807, 2.05) is 67.7 Å². The molecule has 0 aromatic heterocycles. The summed E-state index contributed by atoms with van der Waals surface area (Å²) in [5.74, 6) is 0. The number of nitrogens with one attached hydrogen (secondary N) is 2. The van der Waals surface area contributed by atoms with Gasteiger partial charge in [-0.05, 0) is 44.1 Å². The van der Waals surface area contributed by atoms with Crippen molar-refractivity contribution in [3.8, 4) is 0 Å². The number of ether oxygens (including phenoxy) is 2. The number of benzene rings is 2. The third kappa shape index (κ3) is 10.5. The molecule has 0 spiro atoms. The second-order valence-corrected chi connectivity index (χ2v) is 6.99. The van der Waals surface area contributed by atoms with Gasteiger partial charge in [0.05, 0.1) is 0 Å². The van der Waals surface area contributed by atoms with Crippen LogP contribution in [-0.2, 0) is 22.7 Å². The van der Waals surface area contributed by atoms with E-state index < -0.39 is 12.2 Å². The SMILES string of the molecule is CN(CCCNC(=O)OCc1ccccc1)CCCNC(=O)OCc1ccccc1. The Bertz CT molecular complexity index is 677. The zero-order valence-corrected chi connectivity index (χ0v) is 17.5. The molecule has 162 valence electrons. The van der Waals surface area contributed by atoms with Crippen molar-refractivity contribution in [3.63, 3.8) is 0 Å². The summed E-state index contributed by atoms with van der Waals surface area (Å²) in [4.78, 5) is 25.5. The van der Waals surface area contributed by atoms with Gasteiger partial charge in [-0.25, -0.2) is 9.59 Å². The van der Waals surface area contributed by atoms with Crippen molar-refractivity contribution in [1.82, 2.24) is 15.5 Å². The number of amides is 2. The van der Waals surface area contributed by atoms with E-state index in [0.717, 1.165) is 37.1 Å². The van der Waals surface area contributed by atoms with Crippen molar-refractivity contribution in [2.24, 2.45) is 0 Å². The van der Waals surface area contributed by atoms with Crippen molar-refractivity contribution in [2.75, 3.05) is 33.2 Å². The van der Waals surface area contributed by atoms with E-state index in [1.165, 1.54) is 0 Å². The van der Waals surface area contributed by atoms with Crippen LogP contribution < -0.4 is 10.6 Å². The Hall–Kier alpha value is -3.06. The number of carbonyl (C=O) groups is 2. The summed E-state index contributed by atoms with van der Waals surface area (Å²) < 4.78 is 10.3.